The Bertz CT molecular complexity index is 656. The van der Waals surface area contributed by atoms with Crippen LogP contribution in [0.5, 0.6) is 0 Å². The molecular formula is C12H15N3O3S2. The van der Waals surface area contributed by atoms with Crippen LogP contribution >= 0.6 is 11.8 Å². The first kappa shape index (κ1) is 14.9. The number of amides is 1. The van der Waals surface area contributed by atoms with Crippen molar-refractivity contribution in [2.45, 2.75) is 0 Å². The number of para-hydroxylation sites is 1. The van der Waals surface area contributed by atoms with Gasteiger partial charge in [-0.25, -0.2) is 8.42 Å². The predicted molar refractivity (Wildman–Crippen MR) is 81.9 cm³/mol. The summed E-state index contributed by atoms with van der Waals surface area (Å²) in [6, 6.07) is 6.57. The van der Waals surface area contributed by atoms with E-state index in [1.807, 2.05) is 0 Å². The largest absolute Gasteiger partial charge is 0.301 e. The fourth-order valence-electron chi connectivity index (χ4n) is 1.69. The first-order valence-corrected chi connectivity index (χ1v) is 8.74. The summed E-state index contributed by atoms with van der Waals surface area (Å²) >= 11 is 1.47. The van der Waals surface area contributed by atoms with E-state index in [2.05, 4.69) is 10.3 Å². The predicted octanol–water partition coefficient (Wildman–Crippen LogP) is 0.915. The zero-order chi connectivity index (χ0) is 14.8. The number of thioether (sulfide) groups is 1. The maximum Gasteiger partial charge on any atom is 0.259 e. The van der Waals surface area contributed by atoms with Gasteiger partial charge in [0.1, 0.15) is 0 Å². The number of sulfonamides is 1. The smallest absolute Gasteiger partial charge is 0.259 e. The molecule has 20 heavy (non-hydrogen) atoms. The molecule has 0 saturated heterocycles. The number of rotatable bonds is 3. The lowest BCUT2D eigenvalue weighted by molar-refractivity contribution is 0.0978. The third-order valence-corrected chi connectivity index (χ3v) is 4.87. The molecule has 0 aliphatic carbocycles. The lowest BCUT2D eigenvalue weighted by Crippen LogP contribution is -2.31. The van der Waals surface area contributed by atoms with E-state index in [0.717, 1.165) is 16.3 Å². The third kappa shape index (κ3) is 3.31. The van der Waals surface area contributed by atoms with Gasteiger partial charge in [0.25, 0.3) is 5.91 Å². The van der Waals surface area contributed by atoms with Crippen LogP contribution in [0.1, 0.15) is 10.4 Å². The summed E-state index contributed by atoms with van der Waals surface area (Å²) in [5, 5.41) is 3.27. The first-order valence-electron chi connectivity index (χ1n) is 5.91. The highest BCUT2D eigenvalue weighted by atomic mass is 32.2. The van der Waals surface area contributed by atoms with Gasteiger partial charge in [-0.15, -0.1) is 0 Å². The number of carbonyl (C=O) groups excluding carboxylic acids is 1. The molecule has 1 aromatic rings. The van der Waals surface area contributed by atoms with Crippen molar-refractivity contribution in [2.75, 3.05) is 29.9 Å². The number of benzene rings is 1. The first-order chi connectivity index (χ1) is 9.39. The Balaban J connectivity index is 2.30. The summed E-state index contributed by atoms with van der Waals surface area (Å²) in [5.74, 6) is 0.491. The lowest BCUT2D eigenvalue weighted by Gasteiger charge is -2.19. The van der Waals surface area contributed by atoms with Crippen molar-refractivity contribution >= 4 is 38.5 Å². The molecular weight excluding hydrogens is 298 g/mol. The molecule has 1 aliphatic rings. The highest BCUT2D eigenvalue weighted by molar-refractivity contribution is 8.14. The van der Waals surface area contributed by atoms with Gasteiger partial charge >= 0.3 is 0 Å². The highest BCUT2D eigenvalue weighted by Gasteiger charge is 2.20. The molecule has 2 rings (SSSR count). The van der Waals surface area contributed by atoms with Gasteiger partial charge in [0.15, 0.2) is 5.17 Å². The van der Waals surface area contributed by atoms with Crippen LogP contribution < -0.4 is 9.62 Å². The van der Waals surface area contributed by atoms with Crippen molar-refractivity contribution in [3.05, 3.63) is 29.8 Å². The summed E-state index contributed by atoms with van der Waals surface area (Å²) < 4.78 is 24.3. The fourth-order valence-corrected chi connectivity index (χ4v) is 2.93. The molecule has 6 nitrogen and oxygen atoms in total. The molecule has 0 bridgehead atoms. The number of aliphatic imine (C=N–C) groups is 1. The molecule has 108 valence electrons. The third-order valence-electron chi connectivity index (χ3n) is 2.79. The monoisotopic (exact) mass is 313 g/mol. The molecule has 0 saturated carbocycles. The second kappa shape index (κ2) is 5.84. The Morgan fingerprint density at radius 3 is 2.70 bits per heavy atom. The minimum Gasteiger partial charge on any atom is -0.301 e. The van der Waals surface area contributed by atoms with Gasteiger partial charge in [0.2, 0.25) is 10.0 Å². The molecule has 0 spiro atoms. The zero-order valence-electron chi connectivity index (χ0n) is 11.2. The maximum absolute atomic E-state index is 12.2. The number of hydrogen-bond acceptors (Lipinski definition) is 5. The van der Waals surface area contributed by atoms with Crippen molar-refractivity contribution < 1.29 is 13.2 Å². The highest BCUT2D eigenvalue weighted by Crippen LogP contribution is 2.21. The van der Waals surface area contributed by atoms with E-state index in [4.69, 9.17) is 0 Å². The minimum absolute atomic E-state index is 0.302. The molecule has 1 aromatic carbocycles. The van der Waals surface area contributed by atoms with E-state index in [1.54, 1.807) is 24.3 Å². The van der Waals surface area contributed by atoms with Crippen molar-refractivity contribution in [3.8, 4) is 0 Å². The number of hydrogen-bond donors (Lipinski definition) is 1. The molecule has 0 fully saturated rings. The van der Waals surface area contributed by atoms with Gasteiger partial charge in [-0.3, -0.25) is 14.1 Å². The molecule has 1 heterocycles. The molecule has 1 amide bonds. The molecule has 8 heteroatoms. The van der Waals surface area contributed by atoms with Crippen LogP contribution in [-0.4, -0.2) is 45.1 Å². The van der Waals surface area contributed by atoms with Crippen LogP contribution in [-0.2, 0) is 10.0 Å². The quantitative estimate of drug-likeness (QED) is 0.900. The Hall–Kier alpha value is -1.54. The van der Waals surface area contributed by atoms with Crippen LogP contribution in [0.4, 0.5) is 5.69 Å². The van der Waals surface area contributed by atoms with Crippen LogP contribution in [0.15, 0.2) is 29.3 Å². The van der Waals surface area contributed by atoms with Gasteiger partial charge in [0.05, 0.1) is 24.1 Å². The summed E-state index contributed by atoms with van der Waals surface area (Å²) in [6.07, 6.45) is 1.10. The van der Waals surface area contributed by atoms with E-state index >= 15 is 0 Å². The number of anilines is 1. The van der Waals surface area contributed by atoms with E-state index in [0.29, 0.717) is 23.0 Å². The van der Waals surface area contributed by atoms with Crippen molar-refractivity contribution in [3.63, 3.8) is 0 Å². The Kier molecular flexibility index (Phi) is 4.34. The van der Waals surface area contributed by atoms with Crippen LogP contribution in [0.2, 0.25) is 0 Å². The summed E-state index contributed by atoms with van der Waals surface area (Å²) in [4.78, 5) is 16.4. The molecule has 1 aliphatic heterocycles. The number of nitrogens with one attached hydrogen (secondary N) is 1. The number of carbonyl (C=O) groups is 1. The lowest BCUT2D eigenvalue weighted by atomic mass is 10.1. The van der Waals surface area contributed by atoms with E-state index in [-0.39, 0.29) is 5.91 Å². The SMILES string of the molecule is CN(c1ccccc1C(=O)NC1=NCCS1)S(C)(=O)=O. The van der Waals surface area contributed by atoms with Gasteiger partial charge in [-0.2, -0.15) is 0 Å². The van der Waals surface area contributed by atoms with Crippen molar-refractivity contribution in [1.29, 1.82) is 0 Å². The molecule has 0 aromatic heterocycles. The second-order valence-electron chi connectivity index (χ2n) is 4.24. The maximum atomic E-state index is 12.2. The zero-order valence-corrected chi connectivity index (χ0v) is 12.8. The van der Waals surface area contributed by atoms with Crippen molar-refractivity contribution in [1.82, 2.24) is 5.32 Å². The van der Waals surface area contributed by atoms with Gasteiger partial charge < -0.3 is 5.32 Å². The Morgan fingerprint density at radius 2 is 2.10 bits per heavy atom. The molecule has 1 N–H and O–H groups in total. The second-order valence-corrected chi connectivity index (χ2v) is 7.33. The van der Waals surface area contributed by atoms with Gasteiger partial charge in [0, 0.05) is 12.8 Å². The summed E-state index contributed by atoms with van der Waals surface area (Å²) in [5.41, 5.74) is 0.645. The van der Waals surface area contributed by atoms with E-state index in [1.165, 1.54) is 18.8 Å². The Labute approximate surface area is 122 Å². The number of amidine groups is 1. The number of nitrogens with zero attached hydrogens (tertiary/aromatic N) is 2. The van der Waals surface area contributed by atoms with Gasteiger partial charge in [-0.1, -0.05) is 23.9 Å². The minimum atomic E-state index is -3.42. The molecule has 0 radical (unpaired) electrons. The average molecular weight is 313 g/mol. The summed E-state index contributed by atoms with van der Waals surface area (Å²) in [6.45, 7) is 0.686. The topological polar surface area (TPSA) is 78.8 Å². The van der Waals surface area contributed by atoms with E-state index in [9.17, 15) is 13.2 Å². The summed E-state index contributed by atoms with van der Waals surface area (Å²) in [7, 11) is -2.00. The fraction of sp³-hybridized carbons (Fsp3) is 0.333. The van der Waals surface area contributed by atoms with E-state index < -0.39 is 10.0 Å². The average Bonchev–Trinajstić information content (AvgIpc) is 2.89. The Morgan fingerprint density at radius 1 is 1.40 bits per heavy atom. The standard InChI is InChI=1S/C12H15N3O3S2/c1-15(20(2,17)18)10-6-4-3-5-9(10)11(16)14-12-13-7-8-19-12/h3-6H,7-8H2,1-2H3,(H,13,14,16). The van der Waals surface area contributed by atoms with Crippen LogP contribution in [0.25, 0.3) is 0 Å². The molecule has 0 unspecified atom stereocenters. The molecule has 0 atom stereocenters. The van der Waals surface area contributed by atoms with Crippen molar-refractivity contribution in [2.24, 2.45) is 4.99 Å². The van der Waals surface area contributed by atoms with Gasteiger partial charge in [-0.05, 0) is 12.1 Å². The van der Waals surface area contributed by atoms with Crippen LogP contribution in [0.3, 0.4) is 0 Å². The normalized spacial score (nSPS) is 14.8. The van der Waals surface area contributed by atoms with Crippen LogP contribution in [0, 0.1) is 0 Å².